The van der Waals surface area contributed by atoms with E-state index in [0.717, 1.165) is 37.1 Å². The number of furan rings is 1. The van der Waals surface area contributed by atoms with Crippen molar-refractivity contribution in [2.75, 3.05) is 18.0 Å². The van der Waals surface area contributed by atoms with Crippen LogP contribution in [0.5, 0.6) is 0 Å². The maximum absolute atomic E-state index is 12.8. The summed E-state index contributed by atoms with van der Waals surface area (Å²) in [6.45, 7) is 4.19. The molecule has 0 spiro atoms. The lowest BCUT2D eigenvalue weighted by atomic mass is 10.1. The summed E-state index contributed by atoms with van der Waals surface area (Å²) in [5.41, 5.74) is 2.61. The van der Waals surface area contributed by atoms with Crippen molar-refractivity contribution in [2.45, 2.75) is 26.3 Å². The van der Waals surface area contributed by atoms with Crippen LogP contribution in [0.15, 0.2) is 53.3 Å². The average Bonchev–Trinajstić information content (AvgIpc) is 3.39. The first-order valence-electron chi connectivity index (χ1n) is 9.20. The molecule has 3 aromatic rings. The quantitative estimate of drug-likeness (QED) is 0.751. The predicted octanol–water partition coefficient (Wildman–Crippen LogP) is 3.58. The Morgan fingerprint density at radius 3 is 2.81 bits per heavy atom. The molecule has 0 saturated carbocycles. The Kier molecular flexibility index (Phi) is 4.87. The summed E-state index contributed by atoms with van der Waals surface area (Å²) in [5, 5.41) is 2.89. The number of rotatable bonds is 5. The third-order valence-electron chi connectivity index (χ3n) is 4.70. The van der Waals surface area contributed by atoms with E-state index in [1.54, 1.807) is 18.5 Å². The first kappa shape index (κ1) is 17.3. The van der Waals surface area contributed by atoms with Crippen LogP contribution in [0.25, 0.3) is 11.4 Å². The Bertz CT molecular complexity index is 931. The molecular formula is C21H22N4O2. The van der Waals surface area contributed by atoms with E-state index in [9.17, 15) is 4.79 Å². The Morgan fingerprint density at radius 2 is 2.07 bits per heavy atom. The van der Waals surface area contributed by atoms with E-state index in [-0.39, 0.29) is 5.91 Å². The molecule has 1 N–H and O–H groups in total. The van der Waals surface area contributed by atoms with Crippen molar-refractivity contribution in [3.05, 3.63) is 65.7 Å². The minimum atomic E-state index is -0.191. The second kappa shape index (κ2) is 7.61. The number of hydrogen-bond donors (Lipinski definition) is 1. The maximum Gasteiger partial charge on any atom is 0.256 e. The molecule has 2 aromatic heterocycles. The van der Waals surface area contributed by atoms with E-state index in [1.165, 1.54) is 0 Å². The van der Waals surface area contributed by atoms with Gasteiger partial charge in [-0.25, -0.2) is 9.97 Å². The molecule has 3 heterocycles. The zero-order valence-electron chi connectivity index (χ0n) is 15.3. The fourth-order valence-corrected chi connectivity index (χ4v) is 3.30. The van der Waals surface area contributed by atoms with Crippen LogP contribution in [-0.4, -0.2) is 29.0 Å². The number of nitrogens with zero attached hydrogens (tertiary/aromatic N) is 3. The summed E-state index contributed by atoms with van der Waals surface area (Å²) in [6.07, 6.45) is 5.45. The Hall–Kier alpha value is -3.15. The number of aromatic nitrogens is 2. The highest BCUT2D eigenvalue weighted by Gasteiger charge is 2.22. The SMILES string of the molecule is Cc1cccc(-c2ncc(C(=O)NCc3ccco3)c(N3CCCC3)n2)c1. The summed E-state index contributed by atoms with van der Waals surface area (Å²) in [5.74, 6) is 1.87. The molecule has 6 nitrogen and oxygen atoms in total. The van der Waals surface area contributed by atoms with Crippen molar-refractivity contribution >= 4 is 11.7 Å². The van der Waals surface area contributed by atoms with Crippen molar-refractivity contribution in [3.8, 4) is 11.4 Å². The molecule has 138 valence electrons. The number of nitrogens with one attached hydrogen (secondary N) is 1. The smallest absolute Gasteiger partial charge is 0.256 e. The largest absolute Gasteiger partial charge is 0.467 e. The van der Waals surface area contributed by atoms with Gasteiger partial charge >= 0.3 is 0 Å². The Morgan fingerprint density at radius 1 is 1.22 bits per heavy atom. The highest BCUT2D eigenvalue weighted by Crippen LogP contribution is 2.26. The van der Waals surface area contributed by atoms with Crippen LogP contribution in [0.2, 0.25) is 0 Å². The standard InChI is InChI=1S/C21H22N4O2/c1-15-6-4-7-16(12-15)19-22-14-18(20(24-19)25-9-2-3-10-25)21(26)23-13-17-8-5-11-27-17/h4-8,11-12,14H,2-3,9-10,13H2,1H3,(H,23,26). The van der Waals surface area contributed by atoms with Gasteiger partial charge in [-0.1, -0.05) is 23.8 Å². The molecule has 1 fully saturated rings. The number of anilines is 1. The number of benzene rings is 1. The number of carbonyl (C=O) groups is 1. The molecular weight excluding hydrogens is 340 g/mol. The summed E-state index contributed by atoms with van der Waals surface area (Å²) in [4.78, 5) is 24.2. The van der Waals surface area contributed by atoms with Gasteiger partial charge < -0.3 is 14.6 Å². The third-order valence-corrected chi connectivity index (χ3v) is 4.70. The topological polar surface area (TPSA) is 71.3 Å². The number of carbonyl (C=O) groups excluding carboxylic acids is 1. The summed E-state index contributed by atoms with van der Waals surface area (Å²) >= 11 is 0. The van der Waals surface area contributed by atoms with Gasteiger partial charge in [0.25, 0.3) is 5.91 Å². The lowest BCUT2D eigenvalue weighted by Gasteiger charge is -2.20. The van der Waals surface area contributed by atoms with Crippen molar-refractivity contribution in [1.82, 2.24) is 15.3 Å². The van der Waals surface area contributed by atoms with Crippen molar-refractivity contribution in [2.24, 2.45) is 0 Å². The fraction of sp³-hybridized carbons (Fsp3) is 0.286. The van der Waals surface area contributed by atoms with Gasteiger partial charge in [-0.05, 0) is 38.0 Å². The van der Waals surface area contributed by atoms with Crippen LogP contribution in [0.1, 0.15) is 34.5 Å². The first-order valence-corrected chi connectivity index (χ1v) is 9.20. The van der Waals surface area contributed by atoms with Gasteiger partial charge in [0, 0.05) is 24.8 Å². The minimum absolute atomic E-state index is 0.191. The van der Waals surface area contributed by atoms with E-state index in [1.807, 2.05) is 31.2 Å². The van der Waals surface area contributed by atoms with Crippen LogP contribution in [-0.2, 0) is 6.54 Å². The average molecular weight is 362 g/mol. The second-order valence-electron chi connectivity index (χ2n) is 6.76. The maximum atomic E-state index is 12.8. The van der Waals surface area contributed by atoms with Gasteiger partial charge in [-0.15, -0.1) is 0 Å². The summed E-state index contributed by atoms with van der Waals surface area (Å²) in [7, 11) is 0. The molecule has 0 unspecified atom stereocenters. The minimum Gasteiger partial charge on any atom is -0.467 e. The van der Waals surface area contributed by atoms with Gasteiger partial charge in [-0.3, -0.25) is 4.79 Å². The van der Waals surface area contributed by atoms with Crippen LogP contribution in [0.4, 0.5) is 5.82 Å². The molecule has 27 heavy (non-hydrogen) atoms. The molecule has 0 bridgehead atoms. The van der Waals surface area contributed by atoms with Gasteiger partial charge in [0.15, 0.2) is 5.82 Å². The second-order valence-corrected chi connectivity index (χ2v) is 6.76. The number of amides is 1. The molecule has 6 heteroatoms. The molecule has 1 amide bonds. The molecule has 0 aliphatic carbocycles. The molecule has 1 aliphatic heterocycles. The zero-order valence-corrected chi connectivity index (χ0v) is 15.3. The summed E-state index contributed by atoms with van der Waals surface area (Å²) in [6, 6.07) is 11.7. The van der Waals surface area contributed by atoms with Gasteiger partial charge in [0.2, 0.25) is 0 Å². The van der Waals surface area contributed by atoms with Crippen LogP contribution in [0, 0.1) is 6.92 Å². The monoisotopic (exact) mass is 362 g/mol. The number of aryl methyl sites for hydroxylation is 1. The lowest BCUT2D eigenvalue weighted by Crippen LogP contribution is -2.28. The fourth-order valence-electron chi connectivity index (χ4n) is 3.30. The van der Waals surface area contributed by atoms with Crippen LogP contribution >= 0.6 is 0 Å². The van der Waals surface area contributed by atoms with Gasteiger partial charge in [-0.2, -0.15) is 0 Å². The van der Waals surface area contributed by atoms with E-state index >= 15 is 0 Å². The summed E-state index contributed by atoms with van der Waals surface area (Å²) < 4.78 is 5.28. The van der Waals surface area contributed by atoms with Gasteiger partial charge in [0.05, 0.1) is 12.8 Å². The van der Waals surface area contributed by atoms with E-state index < -0.39 is 0 Å². The third kappa shape index (κ3) is 3.84. The van der Waals surface area contributed by atoms with E-state index in [2.05, 4.69) is 21.3 Å². The molecule has 0 radical (unpaired) electrons. The normalized spacial score (nSPS) is 13.7. The van der Waals surface area contributed by atoms with Crippen LogP contribution < -0.4 is 10.2 Å². The molecule has 1 saturated heterocycles. The van der Waals surface area contributed by atoms with Crippen molar-refractivity contribution in [3.63, 3.8) is 0 Å². The van der Waals surface area contributed by atoms with Crippen molar-refractivity contribution in [1.29, 1.82) is 0 Å². The molecule has 1 aliphatic rings. The van der Waals surface area contributed by atoms with E-state index in [0.29, 0.717) is 29.5 Å². The first-order chi connectivity index (χ1) is 13.2. The number of hydrogen-bond acceptors (Lipinski definition) is 5. The highest BCUT2D eigenvalue weighted by atomic mass is 16.3. The van der Waals surface area contributed by atoms with E-state index in [4.69, 9.17) is 9.40 Å². The highest BCUT2D eigenvalue weighted by molar-refractivity contribution is 5.98. The molecule has 0 atom stereocenters. The molecule has 1 aromatic carbocycles. The Labute approximate surface area is 158 Å². The lowest BCUT2D eigenvalue weighted by molar-refractivity contribution is 0.0948. The van der Waals surface area contributed by atoms with Crippen molar-refractivity contribution < 1.29 is 9.21 Å². The zero-order chi connectivity index (χ0) is 18.6. The van der Waals surface area contributed by atoms with Gasteiger partial charge in [0.1, 0.15) is 17.1 Å². The molecule has 4 rings (SSSR count). The Balaban J connectivity index is 1.64. The van der Waals surface area contributed by atoms with Crippen LogP contribution in [0.3, 0.4) is 0 Å². The predicted molar refractivity (Wildman–Crippen MR) is 104 cm³/mol.